The van der Waals surface area contributed by atoms with Crippen molar-refractivity contribution in [1.29, 1.82) is 0 Å². The third kappa shape index (κ3) is 1.33. The van der Waals surface area contributed by atoms with E-state index >= 15 is 0 Å². The second kappa shape index (κ2) is 3.13. The average Bonchev–Trinajstić information content (AvgIpc) is 3.03. The second-order valence-corrected chi connectivity index (χ2v) is 4.28. The molecule has 6 nitrogen and oxygen atoms in total. The molecule has 4 rings (SSSR count). The highest BCUT2D eigenvalue weighted by molar-refractivity contribution is 5.81. The van der Waals surface area contributed by atoms with Crippen molar-refractivity contribution in [3.05, 3.63) is 24.3 Å². The topological polar surface area (TPSA) is 68.0 Å². The first-order valence-electron chi connectivity index (χ1n) is 5.65. The van der Waals surface area contributed by atoms with Crippen molar-refractivity contribution >= 4 is 22.5 Å². The molecule has 1 N–H and O–H groups in total. The first-order valence-corrected chi connectivity index (χ1v) is 5.65. The number of fused-ring (bicyclic) bond motifs is 3. The maximum atomic E-state index is 4.58. The van der Waals surface area contributed by atoms with Gasteiger partial charge in [0.05, 0.1) is 11.0 Å². The van der Waals surface area contributed by atoms with Crippen LogP contribution in [0.25, 0.3) is 16.7 Å². The van der Waals surface area contributed by atoms with Gasteiger partial charge in [0, 0.05) is 6.04 Å². The van der Waals surface area contributed by atoms with E-state index < -0.39 is 0 Å². The van der Waals surface area contributed by atoms with Crippen molar-refractivity contribution in [3.8, 4) is 0 Å². The summed E-state index contributed by atoms with van der Waals surface area (Å²) in [5.41, 5.74) is 2.51. The molecule has 1 aromatic carbocycles. The maximum Gasteiger partial charge on any atom is 0.222 e. The molecule has 0 saturated heterocycles. The minimum absolute atomic E-state index is 0.532. The predicted octanol–water partition coefficient (Wildman–Crippen LogP) is 1.25. The standard InChI is InChI=1S/C11H10N6/c1-2-4-9-8(3-1)13-10(12-7-5-6-7)11-14-15-16-17(9)11/h1-4,7H,5-6H2,(H,12,13). The van der Waals surface area contributed by atoms with Crippen LogP contribution in [0, 0.1) is 0 Å². The van der Waals surface area contributed by atoms with Crippen LogP contribution in [0.4, 0.5) is 5.82 Å². The lowest BCUT2D eigenvalue weighted by Crippen LogP contribution is -2.06. The van der Waals surface area contributed by atoms with Crippen LogP contribution in [0.2, 0.25) is 0 Å². The van der Waals surface area contributed by atoms with Gasteiger partial charge in [-0.05, 0) is 35.4 Å². The molecule has 0 atom stereocenters. The van der Waals surface area contributed by atoms with Crippen LogP contribution in [0.1, 0.15) is 12.8 Å². The zero-order valence-electron chi connectivity index (χ0n) is 9.04. The number of anilines is 1. The molecule has 0 amide bonds. The predicted molar refractivity (Wildman–Crippen MR) is 62.7 cm³/mol. The normalized spacial score (nSPS) is 15.5. The molecule has 0 aliphatic heterocycles. The molecule has 0 bridgehead atoms. The van der Waals surface area contributed by atoms with Crippen molar-refractivity contribution in [2.45, 2.75) is 18.9 Å². The van der Waals surface area contributed by atoms with E-state index in [0.717, 1.165) is 16.9 Å². The summed E-state index contributed by atoms with van der Waals surface area (Å²) in [6.45, 7) is 0. The van der Waals surface area contributed by atoms with Crippen LogP contribution in [-0.2, 0) is 0 Å². The smallest absolute Gasteiger partial charge is 0.222 e. The van der Waals surface area contributed by atoms with Crippen molar-refractivity contribution < 1.29 is 0 Å². The molecule has 0 unspecified atom stereocenters. The SMILES string of the molecule is c1ccc2c(c1)nc(NC1CC1)c1nnnn12. The van der Waals surface area contributed by atoms with Gasteiger partial charge in [-0.2, -0.15) is 4.52 Å². The van der Waals surface area contributed by atoms with Crippen LogP contribution in [0.15, 0.2) is 24.3 Å². The molecule has 1 saturated carbocycles. The Morgan fingerprint density at radius 3 is 3.00 bits per heavy atom. The van der Waals surface area contributed by atoms with Gasteiger partial charge in [0.2, 0.25) is 5.65 Å². The molecule has 1 aliphatic carbocycles. The summed E-state index contributed by atoms with van der Waals surface area (Å²) < 4.78 is 1.73. The highest BCUT2D eigenvalue weighted by atomic mass is 15.5. The van der Waals surface area contributed by atoms with Crippen molar-refractivity contribution in [1.82, 2.24) is 25.0 Å². The molecule has 1 fully saturated rings. The van der Waals surface area contributed by atoms with E-state index in [0.29, 0.717) is 11.7 Å². The Balaban J connectivity index is 2.05. The first-order chi connectivity index (χ1) is 8.42. The Bertz CT molecular complexity index is 699. The molecule has 3 aromatic rings. The summed E-state index contributed by atoms with van der Waals surface area (Å²) in [5, 5.41) is 15.1. The molecule has 1 aliphatic rings. The van der Waals surface area contributed by atoms with Gasteiger partial charge in [0.25, 0.3) is 0 Å². The van der Waals surface area contributed by atoms with Gasteiger partial charge in [-0.15, -0.1) is 5.10 Å². The highest BCUT2D eigenvalue weighted by Crippen LogP contribution is 2.26. The van der Waals surface area contributed by atoms with Gasteiger partial charge in [-0.3, -0.25) is 0 Å². The minimum atomic E-state index is 0.532. The number of rotatable bonds is 2. The maximum absolute atomic E-state index is 4.58. The fourth-order valence-electron chi connectivity index (χ4n) is 1.92. The molecule has 2 heterocycles. The molecule has 0 radical (unpaired) electrons. The van der Waals surface area contributed by atoms with Gasteiger partial charge in [0.15, 0.2) is 5.82 Å². The van der Waals surface area contributed by atoms with E-state index in [9.17, 15) is 0 Å². The number of hydrogen-bond donors (Lipinski definition) is 1. The average molecular weight is 226 g/mol. The second-order valence-electron chi connectivity index (χ2n) is 4.28. The number of hydrogen-bond acceptors (Lipinski definition) is 5. The van der Waals surface area contributed by atoms with Gasteiger partial charge < -0.3 is 5.32 Å². The summed E-state index contributed by atoms with van der Waals surface area (Å²) in [5.74, 6) is 0.774. The van der Waals surface area contributed by atoms with Gasteiger partial charge in [-0.1, -0.05) is 12.1 Å². The molecule has 2 aromatic heterocycles. The summed E-state index contributed by atoms with van der Waals surface area (Å²) in [4.78, 5) is 4.58. The zero-order valence-corrected chi connectivity index (χ0v) is 9.04. The van der Waals surface area contributed by atoms with E-state index in [1.807, 2.05) is 24.3 Å². The first kappa shape index (κ1) is 8.86. The third-order valence-corrected chi connectivity index (χ3v) is 2.94. The molecule has 6 heteroatoms. The lowest BCUT2D eigenvalue weighted by Gasteiger charge is -2.06. The third-order valence-electron chi connectivity index (χ3n) is 2.94. The fraction of sp³-hybridized carbons (Fsp3) is 0.273. The Kier molecular flexibility index (Phi) is 1.63. The van der Waals surface area contributed by atoms with Crippen LogP contribution < -0.4 is 5.32 Å². The Labute approximate surface area is 96.7 Å². The molecular weight excluding hydrogens is 216 g/mol. The van der Waals surface area contributed by atoms with Crippen LogP contribution >= 0.6 is 0 Å². The Morgan fingerprint density at radius 2 is 2.12 bits per heavy atom. The highest BCUT2D eigenvalue weighted by Gasteiger charge is 2.23. The summed E-state index contributed by atoms with van der Waals surface area (Å²) in [6.07, 6.45) is 2.39. The summed E-state index contributed by atoms with van der Waals surface area (Å²) >= 11 is 0. The summed E-state index contributed by atoms with van der Waals surface area (Å²) in [7, 11) is 0. The molecule has 17 heavy (non-hydrogen) atoms. The van der Waals surface area contributed by atoms with Gasteiger partial charge >= 0.3 is 0 Å². The van der Waals surface area contributed by atoms with Crippen LogP contribution in [0.3, 0.4) is 0 Å². The summed E-state index contributed by atoms with van der Waals surface area (Å²) in [6, 6.07) is 8.39. The minimum Gasteiger partial charge on any atom is -0.364 e. The van der Waals surface area contributed by atoms with Gasteiger partial charge in [-0.25, -0.2) is 4.98 Å². The lowest BCUT2D eigenvalue weighted by atomic mass is 10.3. The van der Waals surface area contributed by atoms with Crippen molar-refractivity contribution in [2.75, 3.05) is 5.32 Å². The Hall–Kier alpha value is -2.24. The van der Waals surface area contributed by atoms with Crippen molar-refractivity contribution in [2.24, 2.45) is 0 Å². The largest absolute Gasteiger partial charge is 0.364 e. The van der Waals surface area contributed by atoms with Crippen LogP contribution in [-0.4, -0.2) is 31.1 Å². The monoisotopic (exact) mass is 226 g/mol. The Morgan fingerprint density at radius 1 is 1.24 bits per heavy atom. The van der Waals surface area contributed by atoms with E-state index in [-0.39, 0.29) is 0 Å². The van der Waals surface area contributed by atoms with Gasteiger partial charge in [0.1, 0.15) is 0 Å². The van der Waals surface area contributed by atoms with E-state index in [2.05, 4.69) is 25.8 Å². The fourth-order valence-corrected chi connectivity index (χ4v) is 1.92. The number of nitrogens with zero attached hydrogens (tertiary/aromatic N) is 5. The number of aromatic nitrogens is 5. The van der Waals surface area contributed by atoms with E-state index in [1.54, 1.807) is 4.52 Å². The molecular formula is C11H10N6. The zero-order chi connectivity index (χ0) is 11.2. The quantitative estimate of drug-likeness (QED) is 0.712. The molecule has 0 spiro atoms. The number of para-hydroxylation sites is 2. The number of benzene rings is 1. The van der Waals surface area contributed by atoms with Crippen LogP contribution in [0.5, 0.6) is 0 Å². The lowest BCUT2D eigenvalue weighted by molar-refractivity contribution is 0.840. The van der Waals surface area contributed by atoms with E-state index in [1.165, 1.54) is 12.8 Å². The van der Waals surface area contributed by atoms with E-state index in [4.69, 9.17) is 0 Å². The number of tetrazole rings is 1. The van der Waals surface area contributed by atoms with Crippen molar-refractivity contribution in [3.63, 3.8) is 0 Å². The molecule has 84 valence electrons. The number of nitrogens with one attached hydrogen (secondary N) is 1.